The molecule has 0 bridgehead atoms. The van der Waals surface area contributed by atoms with Gasteiger partial charge < -0.3 is 19.5 Å². The Labute approximate surface area is 215 Å². The Morgan fingerprint density at radius 3 is 2.24 bits per heavy atom. The van der Waals surface area contributed by atoms with Gasteiger partial charge in [0.25, 0.3) is 11.7 Å². The highest BCUT2D eigenvalue weighted by Crippen LogP contribution is 2.42. The molecule has 0 aliphatic carbocycles. The van der Waals surface area contributed by atoms with Crippen LogP contribution in [0.25, 0.3) is 5.76 Å². The van der Waals surface area contributed by atoms with Crippen LogP contribution in [0.5, 0.6) is 5.75 Å². The van der Waals surface area contributed by atoms with Gasteiger partial charge in [0, 0.05) is 31.0 Å². The summed E-state index contributed by atoms with van der Waals surface area (Å²) in [6.45, 7) is 2.29. The first-order valence-electron chi connectivity index (χ1n) is 11.8. The summed E-state index contributed by atoms with van der Waals surface area (Å²) in [5, 5.41) is 11.3. The van der Waals surface area contributed by atoms with Crippen LogP contribution in [-0.4, -0.2) is 50.6 Å². The highest BCUT2D eigenvalue weighted by molar-refractivity contribution is 6.51. The van der Waals surface area contributed by atoms with Crippen molar-refractivity contribution in [3.63, 3.8) is 0 Å². The predicted octanol–water partition coefficient (Wildman–Crippen LogP) is 4.56. The summed E-state index contributed by atoms with van der Waals surface area (Å²) < 4.78 is 10.3. The quantitative estimate of drug-likeness (QED) is 0.220. The highest BCUT2D eigenvalue weighted by atomic mass is 16.5. The number of anilines is 2. The molecular formula is C29H28N2O6. The number of hydrogen-bond donors (Lipinski definition) is 1. The smallest absolute Gasteiger partial charge is 0.337 e. The number of ether oxygens (including phenoxy) is 2. The number of aliphatic hydroxyl groups excluding tert-OH is 1. The number of benzene rings is 3. The molecule has 8 heteroatoms. The number of nitrogens with zero attached hydrogens (tertiary/aromatic N) is 2. The Morgan fingerprint density at radius 2 is 1.65 bits per heavy atom. The van der Waals surface area contributed by atoms with Crippen molar-refractivity contribution in [1.82, 2.24) is 0 Å². The maximum Gasteiger partial charge on any atom is 0.337 e. The van der Waals surface area contributed by atoms with E-state index < -0.39 is 23.7 Å². The second-order valence-corrected chi connectivity index (χ2v) is 8.65. The number of methoxy groups -OCH3 is 1. The maximum absolute atomic E-state index is 13.4. The fraction of sp³-hybridized carbons (Fsp3) is 0.207. The molecule has 3 aromatic carbocycles. The zero-order valence-corrected chi connectivity index (χ0v) is 21.1. The van der Waals surface area contributed by atoms with Gasteiger partial charge in [-0.3, -0.25) is 14.5 Å². The molecule has 1 aliphatic rings. The van der Waals surface area contributed by atoms with Crippen LogP contribution < -0.4 is 14.5 Å². The van der Waals surface area contributed by atoms with Gasteiger partial charge in [0.1, 0.15) is 11.5 Å². The molecule has 1 amide bonds. The molecule has 8 nitrogen and oxygen atoms in total. The summed E-state index contributed by atoms with van der Waals surface area (Å²) in [6, 6.07) is 19.5. The fourth-order valence-electron chi connectivity index (χ4n) is 4.30. The standard InChI is InChI=1S/C29H28N2O6/c1-5-37-23-8-6-7-20(17-23)26(32)24-25(18-9-13-21(14-10-18)30(2)3)31(28(34)27(24)33)22-15-11-19(12-16-22)29(35)36-4/h6-17,25,32H,5H2,1-4H3/b26-24+. The topological polar surface area (TPSA) is 96.4 Å². The summed E-state index contributed by atoms with van der Waals surface area (Å²) >= 11 is 0. The van der Waals surface area contributed by atoms with Crippen LogP contribution in [0.2, 0.25) is 0 Å². The van der Waals surface area contributed by atoms with Crippen molar-refractivity contribution in [2.45, 2.75) is 13.0 Å². The molecule has 1 fully saturated rings. The van der Waals surface area contributed by atoms with Gasteiger partial charge in [0.15, 0.2) is 0 Å². The van der Waals surface area contributed by atoms with E-state index in [9.17, 15) is 19.5 Å². The molecule has 4 rings (SSSR count). The molecular weight excluding hydrogens is 472 g/mol. The minimum absolute atomic E-state index is 0.0340. The van der Waals surface area contributed by atoms with Crippen molar-refractivity contribution in [1.29, 1.82) is 0 Å². The lowest BCUT2D eigenvalue weighted by atomic mass is 9.94. The number of Topliss-reactive ketones (excluding diaryl/α,β-unsaturated/α-hetero) is 1. The van der Waals surface area contributed by atoms with Gasteiger partial charge in [0.05, 0.1) is 30.9 Å². The summed E-state index contributed by atoms with van der Waals surface area (Å²) in [6.07, 6.45) is 0. The van der Waals surface area contributed by atoms with Gasteiger partial charge in [-0.2, -0.15) is 0 Å². The lowest BCUT2D eigenvalue weighted by Crippen LogP contribution is -2.29. The Balaban J connectivity index is 1.88. The van der Waals surface area contributed by atoms with Crippen LogP contribution in [0.4, 0.5) is 11.4 Å². The number of carbonyl (C=O) groups excluding carboxylic acids is 3. The third kappa shape index (κ3) is 4.91. The van der Waals surface area contributed by atoms with Crippen LogP contribution in [0.3, 0.4) is 0 Å². The highest BCUT2D eigenvalue weighted by Gasteiger charge is 2.47. The third-order valence-corrected chi connectivity index (χ3v) is 6.15. The van der Waals surface area contributed by atoms with Gasteiger partial charge >= 0.3 is 5.97 Å². The molecule has 0 aromatic heterocycles. The molecule has 1 heterocycles. The van der Waals surface area contributed by atoms with Crippen molar-refractivity contribution in [2.75, 3.05) is 37.6 Å². The van der Waals surface area contributed by atoms with E-state index in [0.29, 0.717) is 34.7 Å². The number of aliphatic hydroxyl groups is 1. The Morgan fingerprint density at radius 1 is 0.973 bits per heavy atom. The zero-order valence-electron chi connectivity index (χ0n) is 21.1. The number of amides is 1. The van der Waals surface area contributed by atoms with Gasteiger partial charge in [-0.05, 0) is 61.0 Å². The minimum Gasteiger partial charge on any atom is -0.507 e. The first-order valence-corrected chi connectivity index (χ1v) is 11.8. The average molecular weight is 501 g/mol. The number of rotatable bonds is 7. The predicted molar refractivity (Wildman–Crippen MR) is 141 cm³/mol. The van der Waals surface area contributed by atoms with E-state index in [2.05, 4.69) is 0 Å². The van der Waals surface area contributed by atoms with E-state index >= 15 is 0 Å². The van der Waals surface area contributed by atoms with E-state index in [1.807, 2.05) is 50.2 Å². The summed E-state index contributed by atoms with van der Waals surface area (Å²) in [4.78, 5) is 41.9. The van der Waals surface area contributed by atoms with Crippen LogP contribution >= 0.6 is 0 Å². The number of ketones is 1. The fourth-order valence-corrected chi connectivity index (χ4v) is 4.30. The Bertz CT molecular complexity index is 1360. The maximum atomic E-state index is 13.4. The normalized spacial score (nSPS) is 16.5. The number of hydrogen-bond acceptors (Lipinski definition) is 7. The molecule has 0 radical (unpaired) electrons. The number of esters is 1. The molecule has 1 N–H and O–H groups in total. The van der Waals surface area contributed by atoms with Crippen molar-refractivity contribution in [3.05, 3.63) is 95.1 Å². The minimum atomic E-state index is -0.893. The van der Waals surface area contributed by atoms with Crippen LogP contribution in [0, 0.1) is 0 Å². The first-order chi connectivity index (χ1) is 17.8. The number of carbonyl (C=O) groups is 3. The van der Waals surface area contributed by atoms with E-state index in [4.69, 9.17) is 9.47 Å². The molecule has 1 atom stereocenters. The van der Waals surface area contributed by atoms with Crippen molar-refractivity contribution < 1.29 is 29.0 Å². The molecule has 0 spiro atoms. The summed E-state index contributed by atoms with van der Waals surface area (Å²) in [5.41, 5.74) is 2.62. The Hall–Kier alpha value is -4.59. The van der Waals surface area contributed by atoms with Crippen molar-refractivity contribution in [3.8, 4) is 5.75 Å². The monoisotopic (exact) mass is 500 g/mol. The lowest BCUT2D eigenvalue weighted by Gasteiger charge is -2.26. The Kier molecular flexibility index (Phi) is 7.29. The summed E-state index contributed by atoms with van der Waals surface area (Å²) in [7, 11) is 5.11. The van der Waals surface area contributed by atoms with Gasteiger partial charge in [-0.25, -0.2) is 4.79 Å². The molecule has 1 aliphatic heterocycles. The van der Waals surface area contributed by atoms with Crippen LogP contribution in [-0.2, 0) is 14.3 Å². The van der Waals surface area contributed by atoms with Gasteiger partial charge in [-0.15, -0.1) is 0 Å². The molecule has 1 saturated heterocycles. The molecule has 37 heavy (non-hydrogen) atoms. The van der Waals surface area contributed by atoms with Crippen molar-refractivity contribution >= 4 is 34.8 Å². The largest absolute Gasteiger partial charge is 0.507 e. The van der Waals surface area contributed by atoms with E-state index in [-0.39, 0.29) is 11.3 Å². The molecule has 0 saturated carbocycles. The van der Waals surface area contributed by atoms with Crippen molar-refractivity contribution in [2.24, 2.45) is 0 Å². The van der Waals surface area contributed by atoms with E-state index in [1.165, 1.54) is 24.1 Å². The second-order valence-electron chi connectivity index (χ2n) is 8.65. The SMILES string of the molecule is CCOc1cccc(/C(O)=C2\C(=O)C(=O)N(c3ccc(C(=O)OC)cc3)C2c2ccc(N(C)C)cc2)c1. The van der Waals surface area contributed by atoms with Crippen LogP contribution in [0.1, 0.15) is 34.5 Å². The third-order valence-electron chi connectivity index (χ3n) is 6.15. The summed E-state index contributed by atoms with van der Waals surface area (Å²) in [5.74, 6) is -1.87. The lowest BCUT2D eigenvalue weighted by molar-refractivity contribution is -0.132. The molecule has 3 aromatic rings. The van der Waals surface area contributed by atoms with E-state index in [0.717, 1.165) is 5.69 Å². The molecule has 1 unspecified atom stereocenters. The first kappa shape index (κ1) is 25.5. The van der Waals surface area contributed by atoms with Gasteiger partial charge in [0.2, 0.25) is 0 Å². The van der Waals surface area contributed by atoms with Gasteiger partial charge in [-0.1, -0.05) is 24.3 Å². The molecule has 190 valence electrons. The van der Waals surface area contributed by atoms with Crippen LogP contribution in [0.15, 0.2) is 78.4 Å². The van der Waals surface area contributed by atoms with E-state index in [1.54, 1.807) is 36.4 Å². The zero-order chi connectivity index (χ0) is 26.7. The second kappa shape index (κ2) is 10.6. The average Bonchev–Trinajstić information content (AvgIpc) is 3.18.